The summed E-state index contributed by atoms with van der Waals surface area (Å²) in [6.07, 6.45) is 3.12. The lowest BCUT2D eigenvalue weighted by molar-refractivity contribution is 0.0977. The van der Waals surface area contributed by atoms with Crippen LogP contribution in [0.1, 0.15) is 15.9 Å². The summed E-state index contributed by atoms with van der Waals surface area (Å²) in [6.45, 7) is 1.99. The van der Waals surface area contributed by atoms with Gasteiger partial charge in [-0.1, -0.05) is 12.1 Å². The second-order valence-corrected chi connectivity index (χ2v) is 4.59. The second kappa shape index (κ2) is 5.62. The molecule has 0 saturated heterocycles. The summed E-state index contributed by atoms with van der Waals surface area (Å²) >= 11 is 5.09. The molecule has 1 aromatic carbocycles. The fourth-order valence-corrected chi connectivity index (χ4v) is 1.81. The molecule has 0 fully saturated rings. The van der Waals surface area contributed by atoms with Crippen LogP contribution in [0, 0.1) is 6.92 Å². The molecule has 0 unspecified atom stereocenters. The molecule has 6 heteroatoms. The van der Waals surface area contributed by atoms with E-state index >= 15 is 0 Å². The second-order valence-electron chi connectivity index (χ2n) is 4.18. The number of carbonyl (C=O) groups excluding carboxylic acids is 1. The minimum absolute atomic E-state index is 0.263. The normalized spacial score (nSPS) is 10.0. The van der Waals surface area contributed by atoms with E-state index in [2.05, 4.69) is 15.7 Å². The summed E-state index contributed by atoms with van der Waals surface area (Å²) in [5.74, 6) is -0.279. The molecule has 5 nitrogen and oxygen atoms in total. The summed E-state index contributed by atoms with van der Waals surface area (Å²) < 4.78 is 1.56. The van der Waals surface area contributed by atoms with Crippen molar-refractivity contribution in [3.8, 4) is 0 Å². The maximum absolute atomic E-state index is 11.8. The minimum atomic E-state index is -0.279. The van der Waals surface area contributed by atoms with Gasteiger partial charge >= 0.3 is 0 Å². The van der Waals surface area contributed by atoms with Gasteiger partial charge in [0, 0.05) is 18.9 Å². The summed E-state index contributed by atoms with van der Waals surface area (Å²) in [5, 5.41) is 9.76. The number of aromatic nitrogens is 2. The number of nitrogens with zero attached hydrogens (tertiary/aromatic N) is 2. The number of hydrogen-bond donors (Lipinski definition) is 2. The van der Waals surface area contributed by atoms with Crippen LogP contribution in [0.25, 0.3) is 0 Å². The zero-order chi connectivity index (χ0) is 13.8. The number of amides is 1. The molecule has 0 aliphatic carbocycles. The molecule has 98 valence electrons. The Morgan fingerprint density at radius 1 is 1.42 bits per heavy atom. The van der Waals surface area contributed by atoms with Crippen LogP contribution in [0.3, 0.4) is 0 Å². The summed E-state index contributed by atoms with van der Waals surface area (Å²) in [7, 11) is 1.75. The van der Waals surface area contributed by atoms with Gasteiger partial charge in [-0.05, 0) is 36.8 Å². The molecule has 1 aromatic heterocycles. The minimum Gasteiger partial charge on any atom is -0.332 e. The Labute approximate surface area is 116 Å². The van der Waals surface area contributed by atoms with Crippen LogP contribution in [0.15, 0.2) is 36.7 Å². The topological polar surface area (TPSA) is 58.9 Å². The summed E-state index contributed by atoms with van der Waals surface area (Å²) in [4.78, 5) is 11.8. The van der Waals surface area contributed by atoms with Crippen molar-refractivity contribution < 1.29 is 4.79 Å². The molecule has 2 N–H and O–H groups in total. The van der Waals surface area contributed by atoms with Gasteiger partial charge in [0.05, 0.1) is 11.8 Å². The third-order valence-corrected chi connectivity index (χ3v) is 2.67. The number of nitrogens with one attached hydrogen (secondary N) is 2. The van der Waals surface area contributed by atoms with Crippen LogP contribution in [0.2, 0.25) is 0 Å². The van der Waals surface area contributed by atoms with E-state index in [0.717, 1.165) is 11.3 Å². The van der Waals surface area contributed by atoms with Crippen molar-refractivity contribution in [2.45, 2.75) is 6.92 Å². The zero-order valence-corrected chi connectivity index (χ0v) is 11.5. The van der Waals surface area contributed by atoms with Crippen molar-refractivity contribution in [2.24, 2.45) is 7.05 Å². The third kappa shape index (κ3) is 3.62. The lowest BCUT2D eigenvalue weighted by Crippen LogP contribution is -2.33. The SMILES string of the molecule is Cc1cccc(NC(=S)NC(=O)c2cnn(C)c2)c1. The van der Waals surface area contributed by atoms with Gasteiger partial charge in [0.2, 0.25) is 0 Å². The Morgan fingerprint density at radius 2 is 2.21 bits per heavy atom. The van der Waals surface area contributed by atoms with Crippen LogP contribution in [0.5, 0.6) is 0 Å². The van der Waals surface area contributed by atoms with E-state index in [1.54, 1.807) is 17.9 Å². The Balaban J connectivity index is 1.96. The molecular formula is C13H14N4OS. The van der Waals surface area contributed by atoms with E-state index in [4.69, 9.17) is 12.2 Å². The van der Waals surface area contributed by atoms with Crippen molar-refractivity contribution in [2.75, 3.05) is 5.32 Å². The van der Waals surface area contributed by atoms with Crippen molar-refractivity contribution in [1.82, 2.24) is 15.1 Å². The van der Waals surface area contributed by atoms with Crippen LogP contribution in [-0.4, -0.2) is 20.8 Å². The van der Waals surface area contributed by atoms with Crippen molar-refractivity contribution in [3.63, 3.8) is 0 Å². The maximum atomic E-state index is 11.8. The van der Waals surface area contributed by atoms with Gasteiger partial charge in [-0.15, -0.1) is 0 Å². The van der Waals surface area contributed by atoms with Gasteiger partial charge in [-0.2, -0.15) is 5.10 Å². The largest absolute Gasteiger partial charge is 0.332 e. The quantitative estimate of drug-likeness (QED) is 0.821. The number of anilines is 1. The van der Waals surface area contributed by atoms with Crippen LogP contribution >= 0.6 is 12.2 Å². The smallest absolute Gasteiger partial charge is 0.260 e. The molecule has 0 aliphatic heterocycles. The van der Waals surface area contributed by atoms with Crippen LogP contribution in [-0.2, 0) is 7.05 Å². The van der Waals surface area contributed by atoms with Gasteiger partial charge in [0.25, 0.3) is 5.91 Å². The lowest BCUT2D eigenvalue weighted by Gasteiger charge is -2.09. The van der Waals surface area contributed by atoms with Gasteiger partial charge in [0.15, 0.2) is 5.11 Å². The number of hydrogen-bond acceptors (Lipinski definition) is 3. The fraction of sp³-hybridized carbons (Fsp3) is 0.154. The highest BCUT2D eigenvalue weighted by atomic mass is 32.1. The molecular weight excluding hydrogens is 260 g/mol. The van der Waals surface area contributed by atoms with E-state index in [1.165, 1.54) is 6.20 Å². The summed E-state index contributed by atoms with van der Waals surface area (Å²) in [5.41, 5.74) is 2.43. The molecule has 0 radical (unpaired) electrons. The molecule has 19 heavy (non-hydrogen) atoms. The number of benzene rings is 1. The highest BCUT2D eigenvalue weighted by Gasteiger charge is 2.09. The first-order valence-electron chi connectivity index (χ1n) is 5.72. The molecule has 2 rings (SSSR count). The van der Waals surface area contributed by atoms with E-state index in [9.17, 15) is 4.79 Å². The molecule has 0 saturated carbocycles. The standard InChI is InChI=1S/C13H14N4OS/c1-9-4-3-5-11(6-9)15-13(19)16-12(18)10-7-14-17(2)8-10/h3-8H,1-2H3,(H2,15,16,18,19). The Bertz CT molecular complexity index is 621. The van der Waals surface area contributed by atoms with Gasteiger partial charge in [-0.3, -0.25) is 14.8 Å². The molecule has 1 heterocycles. The average Bonchev–Trinajstić information content (AvgIpc) is 2.75. The lowest BCUT2D eigenvalue weighted by atomic mass is 10.2. The Kier molecular flexibility index (Phi) is 3.91. The molecule has 0 bridgehead atoms. The molecule has 0 aliphatic rings. The predicted octanol–water partition coefficient (Wildman–Crippen LogP) is 1.86. The van der Waals surface area contributed by atoms with Crippen LogP contribution < -0.4 is 10.6 Å². The first kappa shape index (κ1) is 13.2. The van der Waals surface area contributed by atoms with Gasteiger partial charge < -0.3 is 5.32 Å². The summed E-state index contributed by atoms with van der Waals surface area (Å²) in [6, 6.07) is 7.74. The average molecular weight is 274 g/mol. The third-order valence-electron chi connectivity index (χ3n) is 2.47. The number of carbonyl (C=O) groups is 1. The molecule has 1 amide bonds. The molecule has 0 atom stereocenters. The van der Waals surface area contributed by atoms with Crippen molar-refractivity contribution >= 4 is 28.9 Å². The monoisotopic (exact) mass is 274 g/mol. The van der Waals surface area contributed by atoms with E-state index in [1.807, 2.05) is 31.2 Å². The highest BCUT2D eigenvalue weighted by molar-refractivity contribution is 7.80. The van der Waals surface area contributed by atoms with E-state index < -0.39 is 0 Å². The van der Waals surface area contributed by atoms with Crippen LogP contribution in [0.4, 0.5) is 5.69 Å². The Morgan fingerprint density at radius 3 is 2.84 bits per heavy atom. The van der Waals surface area contributed by atoms with Gasteiger partial charge in [0.1, 0.15) is 0 Å². The Hall–Kier alpha value is -2.21. The zero-order valence-electron chi connectivity index (χ0n) is 10.7. The van der Waals surface area contributed by atoms with E-state index in [-0.39, 0.29) is 11.0 Å². The van der Waals surface area contributed by atoms with Crippen molar-refractivity contribution in [1.29, 1.82) is 0 Å². The fourth-order valence-electron chi connectivity index (χ4n) is 1.60. The first-order valence-corrected chi connectivity index (χ1v) is 6.13. The van der Waals surface area contributed by atoms with Gasteiger partial charge in [-0.25, -0.2) is 0 Å². The number of aryl methyl sites for hydroxylation is 2. The maximum Gasteiger partial charge on any atom is 0.260 e. The predicted molar refractivity (Wildman–Crippen MR) is 78.1 cm³/mol. The number of rotatable bonds is 2. The number of thiocarbonyl (C=S) groups is 1. The molecule has 2 aromatic rings. The highest BCUT2D eigenvalue weighted by Crippen LogP contribution is 2.09. The van der Waals surface area contributed by atoms with E-state index in [0.29, 0.717) is 5.56 Å². The molecule has 0 spiro atoms. The van der Waals surface area contributed by atoms with Crippen molar-refractivity contribution in [3.05, 3.63) is 47.8 Å². The first-order chi connectivity index (χ1) is 9.04.